The molecule has 0 atom stereocenters. The largest absolute Gasteiger partial charge is 0.316 e. The van der Waals surface area contributed by atoms with Crippen LogP contribution in [-0.4, -0.2) is 23.1 Å². The van der Waals surface area contributed by atoms with Crippen molar-refractivity contribution in [2.24, 2.45) is 0 Å². The first-order valence-corrected chi connectivity index (χ1v) is 3.38. The van der Waals surface area contributed by atoms with E-state index in [9.17, 15) is 0 Å². The molecule has 0 N–H and O–H groups in total. The Morgan fingerprint density at radius 1 is 1.50 bits per heavy atom. The topological polar surface area (TPSA) is 0 Å². The van der Waals surface area contributed by atoms with E-state index < -0.39 is 0 Å². The summed E-state index contributed by atoms with van der Waals surface area (Å²) >= 11 is 0. The van der Waals surface area contributed by atoms with E-state index in [1.807, 2.05) is 18.2 Å². The molecular formula is C9H13Mg. The molecule has 0 nitrogen and oxygen atoms in total. The molecule has 0 saturated heterocycles. The molecule has 0 bridgehead atoms. The number of rotatable bonds is 2. The summed E-state index contributed by atoms with van der Waals surface area (Å²) in [6, 6.07) is 11.2. The van der Waals surface area contributed by atoms with Crippen molar-refractivity contribution in [2.45, 2.75) is 19.8 Å². The van der Waals surface area contributed by atoms with Gasteiger partial charge in [-0.2, -0.15) is 0 Å². The van der Waals surface area contributed by atoms with E-state index in [0.717, 1.165) is 0 Å². The van der Waals surface area contributed by atoms with Gasteiger partial charge >= 0.3 is 23.1 Å². The Morgan fingerprint density at radius 2 is 2.30 bits per heavy atom. The Bertz CT molecular complexity index is 158. The van der Waals surface area contributed by atoms with E-state index in [1.165, 1.54) is 18.4 Å². The van der Waals surface area contributed by atoms with Gasteiger partial charge in [-0.05, 0) is 18.1 Å². The fourth-order valence-corrected chi connectivity index (χ4v) is 0.875. The van der Waals surface area contributed by atoms with Crippen LogP contribution in [0, 0.1) is 6.07 Å². The van der Waals surface area contributed by atoms with E-state index in [4.69, 9.17) is 0 Å². The smallest absolute Gasteiger partial charge is 0.0651 e. The number of hydrogen-bond acceptors (Lipinski definition) is 0. The van der Waals surface area contributed by atoms with Crippen molar-refractivity contribution in [1.82, 2.24) is 0 Å². The second-order valence-electron chi connectivity index (χ2n) is 2.16. The van der Waals surface area contributed by atoms with Gasteiger partial charge in [0.2, 0.25) is 0 Å². The summed E-state index contributed by atoms with van der Waals surface area (Å²) in [5, 5.41) is 0. The molecule has 0 heterocycles. The van der Waals surface area contributed by atoms with Gasteiger partial charge in [-0.3, -0.25) is 0 Å². The Balaban J connectivity index is 0.000000810. The van der Waals surface area contributed by atoms with Crippen molar-refractivity contribution in [3.63, 3.8) is 0 Å². The molecule has 0 aliphatic carbocycles. The maximum Gasteiger partial charge on any atom is 0.316 e. The minimum Gasteiger partial charge on any atom is -0.0651 e. The molecule has 1 heteroatoms. The number of aryl methyl sites for hydroxylation is 1. The maximum absolute atomic E-state index is 3.05. The van der Waals surface area contributed by atoms with Crippen LogP contribution in [0.4, 0.5) is 0 Å². The average Bonchev–Trinajstić information content (AvgIpc) is 1.91. The van der Waals surface area contributed by atoms with Crippen LogP contribution >= 0.6 is 0 Å². The van der Waals surface area contributed by atoms with Gasteiger partial charge in [-0.1, -0.05) is 37.6 Å². The molecule has 1 rings (SSSR count). The molecule has 51 valence electrons. The third kappa shape index (κ3) is 3.23. The SMILES string of the molecule is CCCc1c[c]ccc1.[MgH2]. The zero-order valence-corrected chi connectivity index (χ0v) is 5.72. The predicted octanol–water partition coefficient (Wildman–Crippen LogP) is 1.52. The molecule has 0 unspecified atom stereocenters. The van der Waals surface area contributed by atoms with E-state index in [-0.39, 0.29) is 23.1 Å². The normalized spacial score (nSPS) is 8.50. The van der Waals surface area contributed by atoms with Gasteiger partial charge in [-0.15, -0.1) is 0 Å². The van der Waals surface area contributed by atoms with E-state index >= 15 is 0 Å². The molecule has 0 aromatic heterocycles. The van der Waals surface area contributed by atoms with Crippen molar-refractivity contribution in [1.29, 1.82) is 0 Å². The summed E-state index contributed by atoms with van der Waals surface area (Å²) in [5.41, 5.74) is 1.39. The average molecular weight is 146 g/mol. The van der Waals surface area contributed by atoms with E-state index in [0.29, 0.717) is 0 Å². The lowest BCUT2D eigenvalue weighted by Gasteiger charge is -1.93. The first-order valence-electron chi connectivity index (χ1n) is 3.38. The van der Waals surface area contributed by atoms with Crippen LogP contribution < -0.4 is 0 Å². The molecule has 0 saturated carbocycles. The Kier molecular flexibility index (Phi) is 5.74. The molecule has 0 spiro atoms. The zero-order chi connectivity index (χ0) is 6.53. The Labute approximate surface area is 78.8 Å². The lowest BCUT2D eigenvalue weighted by molar-refractivity contribution is 0.922. The summed E-state index contributed by atoms with van der Waals surface area (Å²) in [6.45, 7) is 2.19. The third-order valence-corrected chi connectivity index (χ3v) is 1.31. The van der Waals surface area contributed by atoms with Crippen molar-refractivity contribution in [3.05, 3.63) is 35.9 Å². The number of hydrogen-bond donors (Lipinski definition) is 0. The molecule has 0 aliphatic heterocycles. The highest BCUT2D eigenvalue weighted by atomic mass is 24.3. The first-order chi connectivity index (χ1) is 4.43. The lowest BCUT2D eigenvalue weighted by Crippen LogP contribution is -1.79. The van der Waals surface area contributed by atoms with Crippen LogP contribution in [0.5, 0.6) is 0 Å². The zero-order valence-electron chi connectivity index (χ0n) is 5.72. The summed E-state index contributed by atoms with van der Waals surface area (Å²) in [7, 11) is 0. The first kappa shape index (κ1) is 9.99. The highest BCUT2D eigenvalue weighted by Gasteiger charge is 1.84. The summed E-state index contributed by atoms with van der Waals surface area (Å²) in [6.07, 6.45) is 2.40. The second-order valence-corrected chi connectivity index (χ2v) is 2.16. The fourth-order valence-electron chi connectivity index (χ4n) is 0.875. The van der Waals surface area contributed by atoms with Crippen LogP contribution in [0.1, 0.15) is 18.9 Å². The molecular weight excluding hydrogens is 132 g/mol. The van der Waals surface area contributed by atoms with Crippen molar-refractivity contribution in [2.75, 3.05) is 0 Å². The highest BCUT2D eigenvalue weighted by Crippen LogP contribution is 1.99. The Hall–Kier alpha value is -0.0138. The molecule has 0 amide bonds. The Morgan fingerprint density at radius 3 is 2.80 bits per heavy atom. The monoisotopic (exact) mass is 145 g/mol. The van der Waals surface area contributed by atoms with Crippen molar-refractivity contribution >= 4 is 23.1 Å². The lowest BCUT2D eigenvalue weighted by atomic mass is 10.1. The van der Waals surface area contributed by atoms with E-state index in [1.54, 1.807) is 0 Å². The quantitative estimate of drug-likeness (QED) is 0.554. The molecule has 1 radical (unpaired) electrons. The summed E-state index contributed by atoms with van der Waals surface area (Å²) in [4.78, 5) is 0. The minimum atomic E-state index is 0. The second kappa shape index (κ2) is 5.75. The standard InChI is InChI=1S/C9H11.Mg.2H/c1-2-6-9-7-4-3-5-8-9;;;/h3-4,7-8H,2,6H2,1H3;;;. The van der Waals surface area contributed by atoms with Gasteiger partial charge in [-0.25, -0.2) is 0 Å². The highest BCUT2D eigenvalue weighted by molar-refractivity contribution is 5.75. The fraction of sp³-hybridized carbons (Fsp3) is 0.333. The van der Waals surface area contributed by atoms with E-state index in [2.05, 4.69) is 19.1 Å². The van der Waals surface area contributed by atoms with Crippen molar-refractivity contribution < 1.29 is 0 Å². The minimum absolute atomic E-state index is 0. The van der Waals surface area contributed by atoms with Gasteiger partial charge in [0.1, 0.15) is 0 Å². The molecule has 1 aromatic carbocycles. The molecule has 0 aliphatic rings. The van der Waals surface area contributed by atoms with Gasteiger partial charge in [0, 0.05) is 0 Å². The van der Waals surface area contributed by atoms with Crippen LogP contribution in [0.3, 0.4) is 0 Å². The van der Waals surface area contributed by atoms with Crippen LogP contribution in [-0.2, 0) is 6.42 Å². The molecule has 0 fully saturated rings. The van der Waals surface area contributed by atoms with Gasteiger partial charge in [0.25, 0.3) is 0 Å². The molecule has 10 heavy (non-hydrogen) atoms. The predicted molar refractivity (Wildman–Crippen MR) is 47.8 cm³/mol. The molecule has 1 aromatic rings. The van der Waals surface area contributed by atoms with Crippen LogP contribution in [0.15, 0.2) is 24.3 Å². The summed E-state index contributed by atoms with van der Waals surface area (Å²) < 4.78 is 0. The third-order valence-electron chi connectivity index (χ3n) is 1.31. The van der Waals surface area contributed by atoms with Gasteiger partial charge < -0.3 is 0 Å². The van der Waals surface area contributed by atoms with Gasteiger partial charge in [0.05, 0.1) is 0 Å². The maximum atomic E-state index is 3.05. The summed E-state index contributed by atoms with van der Waals surface area (Å²) in [5.74, 6) is 0. The van der Waals surface area contributed by atoms with Gasteiger partial charge in [0.15, 0.2) is 0 Å². The van der Waals surface area contributed by atoms with Crippen molar-refractivity contribution in [3.8, 4) is 0 Å². The number of benzene rings is 1. The van der Waals surface area contributed by atoms with Crippen LogP contribution in [0.25, 0.3) is 0 Å². The van der Waals surface area contributed by atoms with Crippen LogP contribution in [0.2, 0.25) is 0 Å².